The highest BCUT2D eigenvalue weighted by atomic mass is 19.1. The first-order chi connectivity index (χ1) is 15.3. The summed E-state index contributed by atoms with van der Waals surface area (Å²) in [7, 11) is 3.94. The Balaban J connectivity index is 1.81. The zero-order valence-electron chi connectivity index (χ0n) is 20.7. The van der Waals surface area contributed by atoms with Crippen molar-refractivity contribution < 1.29 is 19.1 Å². The van der Waals surface area contributed by atoms with E-state index in [2.05, 4.69) is 24.5 Å². The summed E-state index contributed by atoms with van der Waals surface area (Å²) in [4.78, 5) is 27.7. The van der Waals surface area contributed by atoms with Crippen molar-refractivity contribution in [2.45, 2.75) is 70.9 Å². The van der Waals surface area contributed by atoms with Gasteiger partial charge in [-0.25, -0.2) is 4.39 Å². The molecule has 2 saturated carbocycles. The number of nitrogens with zero attached hydrogens (tertiary/aromatic N) is 1. The Bertz CT molecular complexity index is 870. The van der Waals surface area contributed by atoms with Crippen LogP contribution in [0.1, 0.15) is 69.7 Å². The average Bonchev–Trinajstić information content (AvgIpc) is 2.92. The molecule has 2 aliphatic rings. The molecule has 0 aliphatic heterocycles. The van der Waals surface area contributed by atoms with Crippen molar-refractivity contribution in [3.63, 3.8) is 0 Å². The van der Waals surface area contributed by atoms with E-state index in [-0.39, 0.29) is 34.6 Å². The lowest BCUT2D eigenvalue weighted by Crippen LogP contribution is -2.52. The van der Waals surface area contributed by atoms with Gasteiger partial charge in [-0.15, -0.1) is 0 Å². The Morgan fingerprint density at radius 3 is 2.58 bits per heavy atom. The highest BCUT2D eigenvalue weighted by molar-refractivity contribution is 5.94. The number of carbonyl (C=O) groups excluding carboxylic acids is 2. The fourth-order valence-electron chi connectivity index (χ4n) is 6.16. The summed E-state index contributed by atoms with van der Waals surface area (Å²) in [6, 6.07) is 5.59. The first-order valence-electron chi connectivity index (χ1n) is 12.0. The van der Waals surface area contributed by atoms with Gasteiger partial charge in [0.15, 0.2) is 0 Å². The van der Waals surface area contributed by atoms with E-state index in [1.54, 1.807) is 6.07 Å². The van der Waals surface area contributed by atoms with Crippen molar-refractivity contribution in [3.05, 3.63) is 35.6 Å². The minimum atomic E-state index is -0.749. The summed E-state index contributed by atoms with van der Waals surface area (Å²) in [6.07, 6.45) is 3.82. The Labute approximate surface area is 197 Å². The van der Waals surface area contributed by atoms with Gasteiger partial charge in [-0.2, -0.15) is 0 Å². The number of carbonyl (C=O) groups is 2. The number of rotatable bonds is 8. The van der Waals surface area contributed by atoms with Crippen LogP contribution in [-0.4, -0.2) is 60.6 Å². The zero-order chi connectivity index (χ0) is 24.4. The second kappa shape index (κ2) is 9.71. The van der Waals surface area contributed by atoms with Crippen molar-refractivity contribution in [3.8, 4) is 0 Å². The number of hydrogen-bond acceptors (Lipinski definition) is 4. The molecular weight excluding hydrogens is 421 g/mol. The van der Waals surface area contributed by atoms with Gasteiger partial charge in [0.05, 0.1) is 5.60 Å². The van der Waals surface area contributed by atoms with Crippen LogP contribution < -0.4 is 10.6 Å². The molecular formula is C26H40FN3O3. The Hall–Kier alpha value is -1.99. The van der Waals surface area contributed by atoms with E-state index in [1.807, 2.05) is 25.9 Å². The van der Waals surface area contributed by atoms with Crippen LogP contribution in [0.15, 0.2) is 24.3 Å². The monoisotopic (exact) mass is 461 g/mol. The molecule has 33 heavy (non-hydrogen) atoms. The van der Waals surface area contributed by atoms with Gasteiger partial charge in [-0.3, -0.25) is 9.59 Å². The maximum Gasteiger partial charge on any atom is 0.251 e. The average molecular weight is 462 g/mol. The van der Waals surface area contributed by atoms with Crippen LogP contribution in [0, 0.1) is 22.6 Å². The second-order valence-corrected chi connectivity index (χ2v) is 11.4. The molecule has 0 spiro atoms. The first kappa shape index (κ1) is 25.6. The smallest absolute Gasteiger partial charge is 0.251 e. The van der Waals surface area contributed by atoms with Crippen LogP contribution in [0.3, 0.4) is 0 Å². The standard InChI is InChI=1S/C26H40FN3O3/c1-24(2)17-21(29-23(32)18-7-6-8-19(27)15-18)26(12-11-25(3,33)16-20(24)26)10-9-22(31)28-13-14-30(4)5/h6-8,15,20-21,33H,9-14,16-17H2,1-5H3,(H,28,31)(H,29,32). The number of halogens is 1. The van der Waals surface area contributed by atoms with E-state index in [0.29, 0.717) is 37.8 Å². The number of benzene rings is 1. The fourth-order valence-corrected chi connectivity index (χ4v) is 6.16. The molecule has 1 aromatic carbocycles. The maximum atomic E-state index is 13.7. The van der Waals surface area contributed by atoms with Crippen molar-refractivity contribution >= 4 is 11.8 Å². The van der Waals surface area contributed by atoms with Crippen molar-refractivity contribution in [1.29, 1.82) is 0 Å². The van der Waals surface area contributed by atoms with Crippen LogP contribution in [0.25, 0.3) is 0 Å². The molecule has 3 rings (SSSR count). The molecule has 4 unspecified atom stereocenters. The second-order valence-electron chi connectivity index (χ2n) is 11.4. The summed E-state index contributed by atoms with van der Waals surface area (Å²) < 4.78 is 13.7. The van der Waals surface area contributed by atoms with E-state index >= 15 is 0 Å². The minimum absolute atomic E-state index is 0.0159. The molecule has 2 aliphatic carbocycles. The number of hydrogen-bond donors (Lipinski definition) is 3. The molecule has 0 saturated heterocycles. The van der Waals surface area contributed by atoms with Gasteiger partial charge in [0.25, 0.3) is 5.91 Å². The quantitative estimate of drug-likeness (QED) is 0.555. The Kier molecular flexibility index (Phi) is 7.54. The first-order valence-corrected chi connectivity index (χ1v) is 12.0. The van der Waals surface area contributed by atoms with Crippen LogP contribution in [0.4, 0.5) is 4.39 Å². The van der Waals surface area contributed by atoms with E-state index in [4.69, 9.17) is 0 Å². The molecule has 6 nitrogen and oxygen atoms in total. The van der Waals surface area contributed by atoms with Crippen molar-refractivity contribution in [2.75, 3.05) is 27.2 Å². The summed E-state index contributed by atoms with van der Waals surface area (Å²) in [5.74, 6) is -0.545. The topological polar surface area (TPSA) is 81.7 Å². The van der Waals surface area contributed by atoms with Crippen LogP contribution in [-0.2, 0) is 4.79 Å². The SMILES string of the molecule is CN(C)CCNC(=O)CCC12CCC(C)(O)CC1C(C)(C)CC2NC(=O)c1cccc(F)c1. The number of amides is 2. The number of aliphatic hydroxyl groups is 1. The molecule has 184 valence electrons. The predicted molar refractivity (Wildman–Crippen MR) is 127 cm³/mol. The lowest BCUT2D eigenvalue weighted by molar-refractivity contribution is -0.123. The van der Waals surface area contributed by atoms with Crippen LogP contribution >= 0.6 is 0 Å². The summed E-state index contributed by atoms with van der Waals surface area (Å²) in [5.41, 5.74) is -0.837. The molecule has 2 amide bonds. The molecule has 4 atom stereocenters. The van der Waals surface area contributed by atoms with Gasteiger partial charge in [0.1, 0.15) is 5.82 Å². The Morgan fingerprint density at radius 2 is 1.91 bits per heavy atom. The molecule has 7 heteroatoms. The van der Waals surface area contributed by atoms with Crippen LogP contribution in [0.5, 0.6) is 0 Å². The molecule has 0 radical (unpaired) electrons. The molecule has 1 aromatic rings. The van der Waals surface area contributed by atoms with Gasteiger partial charge >= 0.3 is 0 Å². The highest BCUT2D eigenvalue weighted by Gasteiger charge is 2.61. The molecule has 2 fully saturated rings. The number of likely N-dealkylation sites (N-methyl/N-ethyl adjacent to an activating group) is 1. The van der Waals surface area contributed by atoms with Crippen molar-refractivity contribution in [2.24, 2.45) is 16.7 Å². The maximum absolute atomic E-state index is 13.7. The fraction of sp³-hybridized carbons (Fsp3) is 0.692. The van der Waals surface area contributed by atoms with Crippen LogP contribution in [0.2, 0.25) is 0 Å². The zero-order valence-corrected chi connectivity index (χ0v) is 20.7. The summed E-state index contributed by atoms with van der Waals surface area (Å²) in [5, 5.41) is 17.1. The van der Waals surface area contributed by atoms with Gasteiger partial charge in [-0.05, 0) is 88.1 Å². The van der Waals surface area contributed by atoms with E-state index < -0.39 is 11.4 Å². The third-order valence-electron chi connectivity index (χ3n) is 7.93. The third-order valence-corrected chi connectivity index (χ3v) is 7.93. The largest absolute Gasteiger partial charge is 0.390 e. The van der Waals surface area contributed by atoms with Gasteiger partial charge in [0.2, 0.25) is 5.91 Å². The van der Waals surface area contributed by atoms with E-state index in [0.717, 1.165) is 19.4 Å². The van der Waals surface area contributed by atoms with Crippen molar-refractivity contribution in [1.82, 2.24) is 15.5 Å². The highest BCUT2D eigenvalue weighted by Crippen LogP contribution is 2.63. The Morgan fingerprint density at radius 1 is 1.18 bits per heavy atom. The lowest BCUT2D eigenvalue weighted by atomic mass is 9.57. The molecule has 3 N–H and O–H groups in total. The summed E-state index contributed by atoms with van der Waals surface area (Å²) in [6.45, 7) is 7.65. The normalized spacial score (nSPS) is 30.7. The number of fused-ring (bicyclic) bond motifs is 1. The molecule has 0 bridgehead atoms. The summed E-state index contributed by atoms with van der Waals surface area (Å²) >= 11 is 0. The van der Waals surface area contributed by atoms with E-state index in [1.165, 1.54) is 18.2 Å². The molecule has 0 heterocycles. The number of nitrogens with one attached hydrogen (secondary N) is 2. The van der Waals surface area contributed by atoms with Gasteiger partial charge < -0.3 is 20.6 Å². The minimum Gasteiger partial charge on any atom is -0.390 e. The van der Waals surface area contributed by atoms with Gasteiger partial charge in [0, 0.05) is 31.1 Å². The predicted octanol–water partition coefficient (Wildman–Crippen LogP) is 3.35. The third kappa shape index (κ3) is 5.93. The van der Waals surface area contributed by atoms with E-state index in [9.17, 15) is 19.1 Å². The molecule has 0 aromatic heterocycles. The lowest BCUT2D eigenvalue weighted by Gasteiger charge is -2.50. The van der Waals surface area contributed by atoms with Gasteiger partial charge in [-0.1, -0.05) is 19.9 Å².